The number of anilines is 2. The van der Waals surface area contributed by atoms with Crippen molar-refractivity contribution in [1.29, 1.82) is 0 Å². The van der Waals surface area contributed by atoms with Crippen LogP contribution in [-0.4, -0.2) is 16.9 Å². The lowest BCUT2D eigenvalue weighted by Crippen LogP contribution is -2.31. The Morgan fingerprint density at radius 3 is 2.50 bits per heavy atom. The van der Waals surface area contributed by atoms with Crippen LogP contribution in [0.4, 0.5) is 10.8 Å². The summed E-state index contributed by atoms with van der Waals surface area (Å²) in [6.07, 6.45) is 0. The first kappa shape index (κ1) is 15.1. The van der Waals surface area contributed by atoms with Crippen molar-refractivity contribution in [3.8, 4) is 0 Å². The topological polar surface area (TPSA) is 54.0 Å². The number of aryl methyl sites for hydroxylation is 1. The Balaban J connectivity index is 2.00. The summed E-state index contributed by atoms with van der Waals surface area (Å²) in [7, 11) is 0. The van der Waals surface area contributed by atoms with Crippen LogP contribution >= 0.6 is 34.5 Å². The van der Waals surface area contributed by atoms with E-state index in [1.807, 2.05) is 12.3 Å². The number of aromatic nitrogens is 1. The highest BCUT2D eigenvalue weighted by Crippen LogP contribution is 2.23. The molecule has 0 spiro atoms. The quantitative estimate of drug-likeness (QED) is 0.883. The Kier molecular flexibility index (Phi) is 4.86. The van der Waals surface area contributed by atoms with E-state index in [4.69, 9.17) is 23.2 Å². The predicted molar refractivity (Wildman–Crippen MR) is 85.0 cm³/mol. The van der Waals surface area contributed by atoms with E-state index in [9.17, 15) is 4.79 Å². The molecule has 0 aliphatic heterocycles. The molecule has 0 radical (unpaired) electrons. The molecule has 1 aromatic heterocycles. The summed E-state index contributed by atoms with van der Waals surface area (Å²) in [4.78, 5) is 16.2. The smallest absolute Gasteiger partial charge is 0.248 e. The molecule has 2 aromatic rings. The van der Waals surface area contributed by atoms with Gasteiger partial charge in [-0.15, -0.1) is 11.3 Å². The van der Waals surface area contributed by atoms with E-state index in [2.05, 4.69) is 15.6 Å². The Labute approximate surface area is 131 Å². The van der Waals surface area contributed by atoms with Gasteiger partial charge in [-0.3, -0.25) is 4.79 Å². The third-order valence-corrected chi connectivity index (χ3v) is 3.80. The van der Waals surface area contributed by atoms with Crippen molar-refractivity contribution in [3.63, 3.8) is 0 Å². The summed E-state index contributed by atoms with van der Waals surface area (Å²) in [6, 6.07) is 4.63. The van der Waals surface area contributed by atoms with Crippen LogP contribution in [-0.2, 0) is 4.79 Å². The highest BCUT2D eigenvalue weighted by Gasteiger charge is 2.14. The van der Waals surface area contributed by atoms with E-state index in [0.29, 0.717) is 20.9 Å². The van der Waals surface area contributed by atoms with E-state index >= 15 is 0 Å². The molecule has 7 heteroatoms. The molecule has 0 aliphatic carbocycles. The molecule has 2 rings (SSSR count). The largest absolute Gasteiger partial charge is 0.374 e. The van der Waals surface area contributed by atoms with Crippen LogP contribution in [0.15, 0.2) is 23.6 Å². The first-order chi connectivity index (χ1) is 9.44. The number of nitrogens with zero attached hydrogens (tertiary/aromatic N) is 1. The van der Waals surface area contributed by atoms with Gasteiger partial charge in [0.15, 0.2) is 5.13 Å². The number of rotatable bonds is 4. The molecule has 0 unspecified atom stereocenters. The fourth-order valence-electron chi connectivity index (χ4n) is 1.58. The molecule has 1 atom stereocenters. The molecule has 0 saturated heterocycles. The second kappa shape index (κ2) is 6.43. The Morgan fingerprint density at radius 2 is 1.95 bits per heavy atom. The number of nitrogens with one attached hydrogen (secondary N) is 2. The van der Waals surface area contributed by atoms with Crippen LogP contribution in [0, 0.1) is 6.92 Å². The Morgan fingerprint density at radius 1 is 1.30 bits per heavy atom. The number of carbonyl (C=O) groups excluding carboxylic acids is 1. The van der Waals surface area contributed by atoms with Crippen molar-refractivity contribution in [2.45, 2.75) is 19.9 Å². The number of thiazole rings is 1. The molecule has 2 N–H and O–H groups in total. The molecule has 20 heavy (non-hydrogen) atoms. The summed E-state index contributed by atoms with van der Waals surface area (Å²) in [5, 5.41) is 9.30. The first-order valence-electron chi connectivity index (χ1n) is 5.89. The normalized spacial score (nSPS) is 12.0. The third kappa shape index (κ3) is 4.10. The summed E-state index contributed by atoms with van der Waals surface area (Å²) < 4.78 is 0. The average molecular weight is 330 g/mol. The van der Waals surface area contributed by atoms with Gasteiger partial charge >= 0.3 is 0 Å². The van der Waals surface area contributed by atoms with Crippen LogP contribution in [0.1, 0.15) is 12.6 Å². The fourth-order valence-corrected chi connectivity index (χ4v) is 2.79. The predicted octanol–water partition coefficient (Wildman–Crippen LogP) is 4.20. The van der Waals surface area contributed by atoms with Crippen molar-refractivity contribution >= 4 is 51.3 Å². The number of hydrogen-bond acceptors (Lipinski definition) is 4. The Hall–Kier alpha value is -1.30. The molecular formula is C13H13Cl2N3OS. The summed E-state index contributed by atoms with van der Waals surface area (Å²) in [5.41, 5.74) is 1.58. The first-order valence-corrected chi connectivity index (χ1v) is 7.53. The zero-order valence-electron chi connectivity index (χ0n) is 10.9. The van der Waals surface area contributed by atoms with Gasteiger partial charge in [-0.05, 0) is 32.0 Å². The average Bonchev–Trinajstić information content (AvgIpc) is 2.73. The van der Waals surface area contributed by atoms with Crippen LogP contribution in [0.25, 0.3) is 0 Å². The van der Waals surface area contributed by atoms with Crippen molar-refractivity contribution in [1.82, 2.24) is 4.98 Å². The van der Waals surface area contributed by atoms with Crippen LogP contribution < -0.4 is 10.6 Å². The van der Waals surface area contributed by atoms with Crippen molar-refractivity contribution < 1.29 is 4.79 Å². The van der Waals surface area contributed by atoms with Crippen LogP contribution in [0.3, 0.4) is 0 Å². The second-order valence-corrected chi connectivity index (χ2v) is 6.04. The monoisotopic (exact) mass is 329 g/mol. The van der Waals surface area contributed by atoms with Gasteiger partial charge in [0.25, 0.3) is 0 Å². The lowest BCUT2D eigenvalue weighted by molar-refractivity contribution is -0.116. The van der Waals surface area contributed by atoms with Crippen molar-refractivity contribution in [3.05, 3.63) is 39.3 Å². The molecule has 0 fully saturated rings. The molecule has 1 aromatic carbocycles. The number of hydrogen-bond donors (Lipinski definition) is 2. The highest BCUT2D eigenvalue weighted by molar-refractivity contribution is 7.13. The van der Waals surface area contributed by atoms with E-state index in [1.165, 1.54) is 11.3 Å². The minimum absolute atomic E-state index is 0.171. The van der Waals surface area contributed by atoms with Gasteiger partial charge in [-0.2, -0.15) is 0 Å². The van der Waals surface area contributed by atoms with Gasteiger partial charge in [-0.1, -0.05) is 23.2 Å². The van der Waals surface area contributed by atoms with Gasteiger partial charge in [-0.25, -0.2) is 4.98 Å². The highest BCUT2D eigenvalue weighted by atomic mass is 35.5. The lowest BCUT2D eigenvalue weighted by atomic mass is 10.2. The van der Waals surface area contributed by atoms with Crippen molar-refractivity contribution in [2.75, 3.05) is 10.6 Å². The maximum absolute atomic E-state index is 12.0. The van der Waals surface area contributed by atoms with Crippen molar-refractivity contribution in [2.24, 2.45) is 0 Å². The standard InChI is InChI=1S/C13H13Cl2N3OS/c1-7-6-20-13(16-7)18-12(19)8(2)17-11-4-9(14)3-10(15)5-11/h3-6,8,17H,1-2H3,(H,16,18,19)/t8-/m1/s1. The minimum Gasteiger partial charge on any atom is -0.374 e. The van der Waals surface area contributed by atoms with E-state index in [0.717, 1.165) is 5.69 Å². The molecule has 0 aliphatic rings. The SMILES string of the molecule is Cc1csc(NC(=O)[C@@H](C)Nc2cc(Cl)cc(Cl)c2)n1. The maximum atomic E-state index is 12.0. The van der Waals surface area contributed by atoms with Gasteiger partial charge < -0.3 is 10.6 Å². The minimum atomic E-state index is -0.436. The molecule has 1 amide bonds. The van der Waals surface area contributed by atoms with E-state index in [-0.39, 0.29) is 5.91 Å². The molecule has 0 saturated carbocycles. The van der Waals surface area contributed by atoms with Crippen LogP contribution in [0.5, 0.6) is 0 Å². The number of benzene rings is 1. The van der Waals surface area contributed by atoms with Gasteiger partial charge in [0.05, 0.1) is 5.69 Å². The summed E-state index contributed by atoms with van der Waals surface area (Å²) >= 11 is 13.2. The fraction of sp³-hybridized carbons (Fsp3) is 0.231. The molecule has 106 valence electrons. The van der Waals surface area contributed by atoms with Gasteiger partial charge in [0.2, 0.25) is 5.91 Å². The maximum Gasteiger partial charge on any atom is 0.248 e. The van der Waals surface area contributed by atoms with E-state index in [1.54, 1.807) is 25.1 Å². The third-order valence-electron chi connectivity index (χ3n) is 2.49. The zero-order valence-corrected chi connectivity index (χ0v) is 13.2. The number of amides is 1. The molecule has 0 bridgehead atoms. The summed E-state index contributed by atoms with van der Waals surface area (Å²) in [5.74, 6) is -0.171. The number of halogens is 2. The molecular weight excluding hydrogens is 317 g/mol. The molecule has 1 heterocycles. The van der Waals surface area contributed by atoms with Gasteiger partial charge in [0.1, 0.15) is 6.04 Å². The number of carbonyl (C=O) groups is 1. The molecule has 4 nitrogen and oxygen atoms in total. The Bertz CT molecular complexity index is 610. The van der Waals surface area contributed by atoms with Crippen LogP contribution in [0.2, 0.25) is 10.0 Å². The second-order valence-electron chi connectivity index (χ2n) is 4.31. The lowest BCUT2D eigenvalue weighted by Gasteiger charge is -2.14. The van der Waals surface area contributed by atoms with E-state index < -0.39 is 6.04 Å². The van der Waals surface area contributed by atoms with Gasteiger partial charge in [0, 0.05) is 21.1 Å². The summed E-state index contributed by atoms with van der Waals surface area (Å²) in [6.45, 7) is 3.63. The zero-order chi connectivity index (χ0) is 14.7.